The Balaban J connectivity index is 2.05. The molecule has 0 saturated carbocycles. The lowest BCUT2D eigenvalue weighted by Crippen LogP contribution is -2.45. The molecular formula is C15H22N4O2. The molecule has 0 bridgehead atoms. The Morgan fingerprint density at radius 1 is 1.48 bits per heavy atom. The Morgan fingerprint density at radius 2 is 2.24 bits per heavy atom. The standard InChI is InChI=1S/C15H22N4O2/c1-10-12(16)5-3-6-13(10)18-15(21)11(2)19-8-4-7-17-14(20)9-19/h3,5-6,11H,4,7-9,16H2,1-2H3,(H,17,20)(H,18,21). The van der Waals surface area contributed by atoms with Gasteiger partial charge < -0.3 is 16.4 Å². The van der Waals surface area contributed by atoms with Crippen molar-refractivity contribution >= 4 is 23.2 Å². The summed E-state index contributed by atoms with van der Waals surface area (Å²) in [4.78, 5) is 25.8. The molecular weight excluding hydrogens is 268 g/mol. The first kappa shape index (κ1) is 15.3. The number of anilines is 2. The molecule has 1 saturated heterocycles. The lowest BCUT2D eigenvalue weighted by atomic mass is 10.1. The number of benzene rings is 1. The van der Waals surface area contributed by atoms with Crippen LogP contribution in [0.3, 0.4) is 0 Å². The van der Waals surface area contributed by atoms with Crippen LogP contribution in [0.4, 0.5) is 11.4 Å². The van der Waals surface area contributed by atoms with Crippen molar-refractivity contribution < 1.29 is 9.59 Å². The fraction of sp³-hybridized carbons (Fsp3) is 0.467. The predicted molar refractivity (Wildman–Crippen MR) is 82.9 cm³/mol. The third kappa shape index (κ3) is 3.72. The van der Waals surface area contributed by atoms with E-state index in [1.54, 1.807) is 6.07 Å². The quantitative estimate of drug-likeness (QED) is 0.716. The van der Waals surface area contributed by atoms with Crippen LogP contribution in [0.5, 0.6) is 0 Å². The van der Waals surface area contributed by atoms with Crippen molar-refractivity contribution in [3.63, 3.8) is 0 Å². The maximum absolute atomic E-state index is 12.4. The summed E-state index contributed by atoms with van der Waals surface area (Å²) in [5.74, 6) is -0.161. The fourth-order valence-corrected chi connectivity index (χ4v) is 2.35. The first-order valence-corrected chi connectivity index (χ1v) is 7.15. The highest BCUT2D eigenvalue weighted by molar-refractivity contribution is 5.96. The summed E-state index contributed by atoms with van der Waals surface area (Å²) in [5, 5.41) is 5.70. The van der Waals surface area contributed by atoms with Crippen molar-refractivity contribution in [2.75, 3.05) is 30.7 Å². The molecule has 0 aromatic heterocycles. The van der Waals surface area contributed by atoms with Crippen LogP contribution in [0.1, 0.15) is 18.9 Å². The molecule has 114 valence electrons. The molecule has 6 heteroatoms. The highest BCUT2D eigenvalue weighted by Gasteiger charge is 2.25. The minimum Gasteiger partial charge on any atom is -0.398 e. The van der Waals surface area contributed by atoms with Gasteiger partial charge in [0.2, 0.25) is 11.8 Å². The van der Waals surface area contributed by atoms with Gasteiger partial charge in [-0.3, -0.25) is 14.5 Å². The van der Waals surface area contributed by atoms with Gasteiger partial charge >= 0.3 is 0 Å². The maximum Gasteiger partial charge on any atom is 0.241 e. The van der Waals surface area contributed by atoms with Crippen molar-refractivity contribution in [2.45, 2.75) is 26.3 Å². The minimum atomic E-state index is -0.366. The Kier molecular flexibility index (Phi) is 4.80. The number of nitrogens with two attached hydrogens (primary N) is 1. The van der Waals surface area contributed by atoms with E-state index in [0.29, 0.717) is 17.9 Å². The molecule has 1 fully saturated rings. The highest BCUT2D eigenvalue weighted by Crippen LogP contribution is 2.21. The number of hydrogen-bond acceptors (Lipinski definition) is 4. The van der Waals surface area contributed by atoms with E-state index >= 15 is 0 Å². The SMILES string of the molecule is Cc1c(N)cccc1NC(=O)C(C)N1CCCNC(=O)C1. The van der Waals surface area contributed by atoms with E-state index in [1.165, 1.54) is 0 Å². The molecule has 1 heterocycles. The van der Waals surface area contributed by atoms with E-state index in [2.05, 4.69) is 10.6 Å². The zero-order valence-electron chi connectivity index (χ0n) is 12.5. The summed E-state index contributed by atoms with van der Waals surface area (Å²) in [5.41, 5.74) is 8.05. The number of nitrogen functional groups attached to an aromatic ring is 1. The fourth-order valence-electron chi connectivity index (χ4n) is 2.35. The van der Waals surface area contributed by atoms with Gasteiger partial charge in [-0.2, -0.15) is 0 Å². The summed E-state index contributed by atoms with van der Waals surface area (Å²) >= 11 is 0. The van der Waals surface area contributed by atoms with Crippen molar-refractivity contribution in [1.82, 2.24) is 10.2 Å². The van der Waals surface area contributed by atoms with Gasteiger partial charge in [0.05, 0.1) is 12.6 Å². The Hall–Kier alpha value is -2.08. The second-order valence-corrected chi connectivity index (χ2v) is 5.36. The smallest absolute Gasteiger partial charge is 0.241 e. The molecule has 6 nitrogen and oxygen atoms in total. The third-order valence-corrected chi connectivity index (χ3v) is 3.85. The Morgan fingerprint density at radius 3 is 3.00 bits per heavy atom. The summed E-state index contributed by atoms with van der Waals surface area (Å²) in [6.07, 6.45) is 0.848. The lowest BCUT2D eigenvalue weighted by molar-refractivity contribution is -0.124. The van der Waals surface area contributed by atoms with Crippen LogP contribution < -0.4 is 16.4 Å². The lowest BCUT2D eigenvalue weighted by Gasteiger charge is -2.25. The van der Waals surface area contributed by atoms with E-state index in [9.17, 15) is 9.59 Å². The Bertz CT molecular complexity index is 544. The average molecular weight is 290 g/mol. The zero-order chi connectivity index (χ0) is 15.4. The van der Waals surface area contributed by atoms with Gasteiger partial charge in [0.25, 0.3) is 0 Å². The molecule has 0 spiro atoms. The normalized spacial score (nSPS) is 17.7. The van der Waals surface area contributed by atoms with E-state index in [-0.39, 0.29) is 24.4 Å². The number of nitrogens with one attached hydrogen (secondary N) is 2. The van der Waals surface area contributed by atoms with Gasteiger partial charge in [0, 0.05) is 24.5 Å². The second kappa shape index (κ2) is 6.58. The van der Waals surface area contributed by atoms with E-state index in [0.717, 1.165) is 18.5 Å². The number of rotatable bonds is 3. The van der Waals surface area contributed by atoms with Gasteiger partial charge in [-0.05, 0) is 38.0 Å². The largest absolute Gasteiger partial charge is 0.398 e. The molecule has 1 atom stereocenters. The predicted octanol–water partition coefficient (Wildman–Crippen LogP) is 0.726. The van der Waals surface area contributed by atoms with Crippen LogP contribution in [0.2, 0.25) is 0 Å². The van der Waals surface area contributed by atoms with Gasteiger partial charge in [0.1, 0.15) is 0 Å². The van der Waals surface area contributed by atoms with Crippen LogP contribution in [0.15, 0.2) is 18.2 Å². The first-order valence-electron chi connectivity index (χ1n) is 7.15. The highest BCUT2D eigenvalue weighted by atomic mass is 16.2. The van der Waals surface area contributed by atoms with Crippen molar-refractivity contribution in [1.29, 1.82) is 0 Å². The minimum absolute atomic E-state index is 0.0349. The molecule has 2 rings (SSSR count). The van der Waals surface area contributed by atoms with Crippen LogP contribution >= 0.6 is 0 Å². The number of nitrogens with zero attached hydrogens (tertiary/aromatic N) is 1. The molecule has 1 unspecified atom stereocenters. The van der Waals surface area contributed by atoms with Crippen molar-refractivity contribution in [3.05, 3.63) is 23.8 Å². The molecule has 4 N–H and O–H groups in total. The second-order valence-electron chi connectivity index (χ2n) is 5.36. The Labute approximate surface area is 124 Å². The molecule has 0 radical (unpaired) electrons. The third-order valence-electron chi connectivity index (χ3n) is 3.85. The van der Waals surface area contributed by atoms with Gasteiger partial charge in [0.15, 0.2) is 0 Å². The number of amides is 2. The average Bonchev–Trinajstić information content (AvgIpc) is 2.67. The topological polar surface area (TPSA) is 87.5 Å². The van der Waals surface area contributed by atoms with E-state index < -0.39 is 0 Å². The van der Waals surface area contributed by atoms with Gasteiger partial charge in [-0.1, -0.05) is 6.07 Å². The zero-order valence-corrected chi connectivity index (χ0v) is 12.5. The molecule has 1 aliphatic heterocycles. The van der Waals surface area contributed by atoms with Crippen molar-refractivity contribution in [2.24, 2.45) is 0 Å². The monoisotopic (exact) mass is 290 g/mol. The first-order chi connectivity index (χ1) is 9.99. The molecule has 1 aromatic rings. The summed E-state index contributed by atoms with van der Waals surface area (Å²) < 4.78 is 0. The van der Waals surface area contributed by atoms with Crippen molar-refractivity contribution in [3.8, 4) is 0 Å². The van der Waals surface area contributed by atoms with Crippen LogP contribution in [0, 0.1) is 6.92 Å². The van der Waals surface area contributed by atoms with Crippen LogP contribution in [-0.4, -0.2) is 42.4 Å². The molecule has 21 heavy (non-hydrogen) atoms. The number of carbonyl (C=O) groups excluding carboxylic acids is 2. The van der Waals surface area contributed by atoms with Gasteiger partial charge in [-0.15, -0.1) is 0 Å². The van der Waals surface area contributed by atoms with E-state index in [4.69, 9.17) is 5.73 Å². The summed E-state index contributed by atoms with van der Waals surface area (Å²) in [6.45, 7) is 5.33. The molecule has 1 aromatic carbocycles. The maximum atomic E-state index is 12.4. The summed E-state index contributed by atoms with van der Waals surface area (Å²) in [7, 11) is 0. The van der Waals surface area contributed by atoms with E-state index in [1.807, 2.05) is 30.9 Å². The molecule has 1 aliphatic rings. The van der Waals surface area contributed by atoms with Gasteiger partial charge in [-0.25, -0.2) is 0 Å². The van der Waals surface area contributed by atoms with Crippen LogP contribution in [-0.2, 0) is 9.59 Å². The summed E-state index contributed by atoms with van der Waals surface area (Å²) in [6, 6.07) is 5.07. The number of carbonyl (C=O) groups is 2. The number of hydrogen-bond donors (Lipinski definition) is 3. The molecule has 2 amide bonds. The molecule has 0 aliphatic carbocycles. The van der Waals surface area contributed by atoms with Crippen LogP contribution in [0.25, 0.3) is 0 Å².